The molecule has 0 unspecified atom stereocenters. The van der Waals surface area contributed by atoms with Crippen molar-refractivity contribution in [3.63, 3.8) is 0 Å². The quantitative estimate of drug-likeness (QED) is 0.628. The van der Waals surface area contributed by atoms with Crippen molar-refractivity contribution in [1.82, 2.24) is 0 Å². The van der Waals surface area contributed by atoms with Gasteiger partial charge in [0, 0.05) is 5.69 Å². The van der Waals surface area contributed by atoms with Gasteiger partial charge in [-0.05, 0) is 46.9 Å². The van der Waals surface area contributed by atoms with Crippen LogP contribution in [0.3, 0.4) is 0 Å². The minimum Gasteiger partial charge on any atom is -0.399 e. The van der Waals surface area contributed by atoms with Gasteiger partial charge in [-0.2, -0.15) is 13.2 Å². The number of nitrogen functional groups attached to an aromatic ring is 1. The van der Waals surface area contributed by atoms with Crippen molar-refractivity contribution in [3.8, 4) is 11.1 Å². The van der Waals surface area contributed by atoms with Gasteiger partial charge in [-0.1, -0.05) is 54.6 Å². The zero-order chi connectivity index (χ0) is 17.2. The first kappa shape index (κ1) is 16.1. The Morgan fingerprint density at radius 1 is 0.708 bits per heavy atom. The lowest BCUT2D eigenvalue weighted by molar-refractivity contribution is -0.137. The molecular weight excluding hydrogens is 311 g/mol. The Hall–Kier alpha value is -2.75. The van der Waals surface area contributed by atoms with Gasteiger partial charge in [-0.3, -0.25) is 0 Å². The fourth-order valence-corrected chi connectivity index (χ4v) is 2.66. The minimum absolute atomic E-state index is 0.198. The Kier molecular flexibility index (Phi) is 4.30. The Bertz CT molecular complexity index is 819. The molecule has 2 N–H and O–H groups in total. The fraction of sp³-hybridized carbons (Fsp3) is 0.100. The molecule has 0 atom stereocenters. The number of halogens is 3. The van der Waals surface area contributed by atoms with Gasteiger partial charge < -0.3 is 5.73 Å². The third-order valence-electron chi connectivity index (χ3n) is 3.89. The van der Waals surface area contributed by atoms with Crippen LogP contribution in [0.15, 0.2) is 72.8 Å². The number of benzene rings is 3. The number of anilines is 1. The molecule has 1 nitrogen and oxygen atoms in total. The van der Waals surface area contributed by atoms with Crippen LogP contribution >= 0.6 is 0 Å². The van der Waals surface area contributed by atoms with Crippen molar-refractivity contribution >= 4 is 5.69 Å². The van der Waals surface area contributed by atoms with Gasteiger partial charge in [-0.15, -0.1) is 0 Å². The zero-order valence-corrected chi connectivity index (χ0v) is 12.8. The summed E-state index contributed by atoms with van der Waals surface area (Å²) in [6, 6.07) is 20.4. The molecule has 0 saturated heterocycles. The maximum absolute atomic E-state index is 13.1. The van der Waals surface area contributed by atoms with Gasteiger partial charge in [0.05, 0.1) is 5.56 Å². The molecule has 0 aromatic heterocycles. The lowest BCUT2D eigenvalue weighted by Gasteiger charge is -2.13. The second kappa shape index (κ2) is 6.40. The van der Waals surface area contributed by atoms with Gasteiger partial charge in [0.25, 0.3) is 0 Å². The first-order chi connectivity index (χ1) is 11.4. The molecule has 0 aliphatic rings. The van der Waals surface area contributed by atoms with Crippen molar-refractivity contribution in [2.45, 2.75) is 12.6 Å². The summed E-state index contributed by atoms with van der Waals surface area (Å²) in [5.41, 5.74) is 8.65. The first-order valence-electron chi connectivity index (χ1n) is 7.53. The second-order valence-corrected chi connectivity index (χ2v) is 5.66. The van der Waals surface area contributed by atoms with Crippen LogP contribution in [0.5, 0.6) is 0 Å². The van der Waals surface area contributed by atoms with Crippen LogP contribution in [0, 0.1) is 0 Å². The van der Waals surface area contributed by atoms with Crippen molar-refractivity contribution < 1.29 is 13.2 Å². The SMILES string of the molecule is Nc1ccc(Cc2ccc(-c3ccccc3C(F)(F)F)cc2)cc1. The van der Waals surface area contributed by atoms with Gasteiger partial charge in [0.2, 0.25) is 0 Å². The lowest BCUT2D eigenvalue weighted by atomic mass is 9.97. The fourth-order valence-electron chi connectivity index (χ4n) is 2.66. The summed E-state index contributed by atoms with van der Waals surface area (Å²) < 4.78 is 39.4. The van der Waals surface area contributed by atoms with Crippen molar-refractivity contribution in [3.05, 3.63) is 89.5 Å². The van der Waals surface area contributed by atoms with E-state index in [1.165, 1.54) is 12.1 Å². The van der Waals surface area contributed by atoms with E-state index in [0.717, 1.165) is 17.2 Å². The maximum atomic E-state index is 13.1. The summed E-state index contributed by atoms with van der Waals surface area (Å²) >= 11 is 0. The van der Waals surface area contributed by atoms with E-state index in [1.54, 1.807) is 18.2 Å². The maximum Gasteiger partial charge on any atom is 0.417 e. The zero-order valence-electron chi connectivity index (χ0n) is 12.8. The Labute approximate surface area is 138 Å². The molecule has 0 spiro atoms. The van der Waals surface area contributed by atoms with E-state index in [1.807, 2.05) is 36.4 Å². The van der Waals surface area contributed by atoms with Crippen LogP contribution in [0.2, 0.25) is 0 Å². The van der Waals surface area contributed by atoms with Gasteiger partial charge in [-0.25, -0.2) is 0 Å². The molecule has 0 amide bonds. The predicted molar refractivity (Wildman–Crippen MR) is 90.5 cm³/mol. The highest BCUT2D eigenvalue weighted by Gasteiger charge is 2.33. The molecule has 3 aromatic rings. The van der Waals surface area contributed by atoms with Crippen LogP contribution in [0.4, 0.5) is 18.9 Å². The summed E-state index contributed by atoms with van der Waals surface area (Å²) in [5, 5.41) is 0. The summed E-state index contributed by atoms with van der Waals surface area (Å²) in [4.78, 5) is 0. The van der Waals surface area contributed by atoms with E-state index in [4.69, 9.17) is 5.73 Å². The summed E-state index contributed by atoms with van der Waals surface area (Å²) in [6.07, 6.45) is -3.65. The molecule has 0 bridgehead atoms. The third kappa shape index (κ3) is 3.59. The largest absolute Gasteiger partial charge is 0.417 e. The molecule has 0 aliphatic heterocycles. The van der Waals surface area contributed by atoms with Crippen LogP contribution in [-0.4, -0.2) is 0 Å². The molecule has 0 heterocycles. The summed E-state index contributed by atoms with van der Waals surface area (Å²) in [6.45, 7) is 0. The van der Waals surface area contributed by atoms with Crippen molar-refractivity contribution in [1.29, 1.82) is 0 Å². The third-order valence-corrected chi connectivity index (χ3v) is 3.89. The number of hydrogen-bond donors (Lipinski definition) is 1. The monoisotopic (exact) mass is 327 g/mol. The number of nitrogens with two attached hydrogens (primary N) is 1. The van der Waals surface area contributed by atoms with Crippen molar-refractivity contribution in [2.75, 3.05) is 5.73 Å². The molecule has 0 fully saturated rings. The van der Waals surface area contributed by atoms with Crippen LogP contribution in [-0.2, 0) is 12.6 Å². The number of rotatable bonds is 3. The van der Waals surface area contributed by atoms with E-state index in [9.17, 15) is 13.2 Å². The molecular formula is C20H16F3N. The highest BCUT2D eigenvalue weighted by atomic mass is 19.4. The molecule has 0 aliphatic carbocycles. The minimum atomic E-state index is -4.36. The second-order valence-electron chi connectivity index (χ2n) is 5.66. The molecule has 3 aromatic carbocycles. The topological polar surface area (TPSA) is 26.0 Å². The molecule has 0 saturated carbocycles. The van der Waals surface area contributed by atoms with Crippen LogP contribution < -0.4 is 5.73 Å². The molecule has 122 valence electrons. The number of hydrogen-bond acceptors (Lipinski definition) is 1. The molecule has 24 heavy (non-hydrogen) atoms. The lowest BCUT2D eigenvalue weighted by Crippen LogP contribution is -2.06. The molecule has 0 radical (unpaired) electrons. The average Bonchev–Trinajstić information content (AvgIpc) is 2.57. The first-order valence-corrected chi connectivity index (χ1v) is 7.53. The van der Waals surface area contributed by atoms with E-state index in [2.05, 4.69) is 0 Å². The molecule has 4 heteroatoms. The normalized spacial score (nSPS) is 11.5. The van der Waals surface area contributed by atoms with E-state index < -0.39 is 11.7 Å². The van der Waals surface area contributed by atoms with Gasteiger partial charge in [0.1, 0.15) is 0 Å². The Balaban J connectivity index is 1.86. The standard InChI is InChI=1S/C20H16F3N/c21-20(22,23)19-4-2-1-3-18(19)16-9-5-14(6-10-16)13-15-7-11-17(24)12-8-15/h1-12H,13,24H2. The Morgan fingerprint density at radius 2 is 1.25 bits per heavy atom. The van der Waals surface area contributed by atoms with E-state index in [-0.39, 0.29) is 5.56 Å². The Morgan fingerprint density at radius 3 is 1.83 bits per heavy atom. The summed E-state index contributed by atoms with van der Waals surface area (Å²) in [5.74, 6) is 0. The van der Waals surface area contributed by atoms with Crippen molar-refractivity contribution in [2.24, 2.45) is 0 Å². The highest BCUT2D eigenvalue weighted by Crippen LogP contribution is 2.36. The van der Waals surface area contributed by atoms with Gasteiger partial charge in [0.15, 0.2) is 0 Å². The highest BCUT2D eigenvalue weighted by molar-refractivity contribution is 5.68. The molecule has 3 rings (SSSR count). The smallest absolute Gasteiger partial charge is 0.399 e. The van der Waals surface area contributed by atoms with E-state index >= 15 is 0 Å². The average molecular weight is 327 g/mol. The van der Waals surface area contributed by atoms with Gasteiger partial charge >= 0.3 is 6.18 Å². The number of alkyl halides is 3. The predicted octanol–water partition coefficient (Wildman–Crippen LogP) is 5.55. The summed E-state index contributed by atoms with van der Waals surface area (Å²) in [7, 11) is 0. The van der Waals surface area contributed by atoms with E-state index in [0.29, 0.717) is 17.7 Å². The van der Waals surface area contributed by atoms with Crippen LogP contribution in [0.1, 0.15) is 16.7 Å². The van der Waals surface area contributed by atoms with Crippen LogP contribution in [0.25, 0.3) is 11.1 Å².